The number of nitriles is 1. The minimum absolute atomic E-state index is 0.120. The lowest BCUT2D eigenvalue weighted by atomic mass is 10.1. The van der Waals surface area contributed by atoms with Crippen molar-refractivity contribution in [3.8, 4) is 6.07 Å². The first-order valence-corrected chi connectivity index (χ1v) is 4.27. The normalized spacial score (nSPS) is 11.6. The molecule has 0 saturated heterocycles. The van der Waals surface area contributed by atoms with E-state index in [9.17, 15) is 18.7 Å². The van der Waals surface area contributed by atoms with Gasteiger partial charge in [0.1, 0.15) is 17.4 Å². The van der Waals surface area contributed by atoms with Crippen molar-refractivity contribution in [1.82, 2.24) is 0 Å². The Morgan fingerprint density at radius 1 is 1.38 bits per heavy atom. The predicted octanol–water partition coefficient (Wildman–Crippen LogP) is 2.35. The predicted molar refractivity (Wildman–Crippen MR) is 52.2 cm³/mol. The molecule has 0 atom stereocenters. The molecule has 0 radical (unpaired) electrons. The molecular formula is C11H7F2NO2. The number of halogens is 2. The van der Waals surface area contributed by atoms with Gasteiger partial charge in [0, 0.05) is 12.5 Å². The van der Waals surface area contributed by atoms with Gasteiger partial charge in [-0.1, -0.05) is 0 Å². The van der Waals surface area contributed by atoms with Gasteiger partial charge in [0.25, 0.3) is 0 Å². The van der Waals surface area contributed by atoms with E-state index in [0.717, 1.165) is 19.1 Å². The number of benzene rings is 1. The van der Waals surface area contributed by atoms with Crippen LogP contribution in [0.25, 0.3) is 5.76 Å². The van der Waals surface area contributed by atoms with Crippen LogP contribution < -0.4 is 0 Å². The number of nitrogens with zero attached hydrogens (tertiary/aromatic N) is 1. The first kappa shape index (κ1) is 11.9. The molecule has 0 heterocycles. The summed E-state index contributed by atoms with van der Waals surface area (Å²) in [6.45, 7) is 1.09. The van der Waals surface area contributed by atoms with Gasteiger partial charge >= 0.3 is 0 Å². The summed E-state index contributed by atoms with van der Waals surface area (Å²) in [5.74, 6) is -3.54. The monoisotopic (exact) mass is 223 g/mol. The molecule has 0 aliphatic rings. The van der Waals surface area contributed by atoms with Gasteiger partial charge in [0.05, 0.1) is 0 Å². The molecule has 0 spiro atoms. The highest BCUT2D eigenvalue weighted by molar-refractivity contribution is 6.03. The fourth-order valence-corrected chi connectivity index (χ4v) is 1.09. The summed E-state index contributed by atoms with van der Waals surface area (Å²) in [6, 6.07) is 4.09. The molecule has 0 bridgehead atoms. The summed E-state index contributed by atoms with van der Waals surface area (Å²) < 4.78 is 25.4. The number of Topliss-reactive ketones (excluding diaryl/α,β-unsaturated/α-hetero) is 1. The first-order chi connectivity index (χ1) is 7.47. The smallest absolute Gasteiger partial charge is 0.174 e. The summed E-state index contributed by atoms with van der Waals surface area (Å²) in [4.78, 5) is 10.9. The van der Waals surface area contributed by atoms with Crippen molar-refractivity contribution in [2.45, 2.75) is 6.92 Å². The van der Waals surface area contributed by atoms with Crippen molar-refractivity contribution >= 4 is 11.5 Å². The summed E-state index contributed by atoms with van der Waals surface area (Å²) in [6.07, 6.45) is 0. The molecule has 3 nitrogen and oxygen atoms in total. The summed E-state index contributed by atoms with van der Waals surface area (Å²) in [7, 11) is 0. The number of carbonyl (C=O) groups is 1. The minimum Gasteiger partial charge on any atom is -0.506 e. The lowest BCUT2D eigenvalue weighted by Gasteiger charge is -2.02. The van der Waals surface area contributed by atoms with E-state index < -0.39 is 28.7 Å². The number of ketones is 1. The van der Waals surface area contributed by atoms with E-state index in [1.807, 2.05) is 0 Å². The third-order valence-electron chi connectivity index (χ3n) is 1.89. The Kier molecular flexibility index (Phi) is 3.36. The molecule has 1 aromatic rings. The molecule has 1 N–H and O–H groups in total. The standard InChI is InChI=1S/C11H7F2NO2/c1-6(15)8(5-14)11(16)7-2-3-9(12)10(13)4-7/h2-4,16H,1H3. The number of allylic oxidation sites excluding steroid dienone is 1. The lowest BCUT2D eigenvalue weighted by Crippen LogP contribution is -1.99. The number of hydrogen-bond donors (Lipinski definition) is 1. The molecule has 0 aliphatic carbocycles. The van der Waals surface area contributed by atoms with Crippen molar-refractivity contribution in [2.24, 2.45) is 0 Å². The highest BCUT2D eigenvalue weighted by Crippen LogP contribution is 2.18. The fraction of sp³-hybridized carbons (Fsp3) is 0.0909. The van der Waals surface area contributed by atoms with Gasteiger partial charge in [0.15, 0.2) is 17.4 Å². The Morgan fingerprint density at radius 2 is 2.00 bits per heavy atom. The van der Waals surface area contributed by atoms with Crippen LogP contribution in [0, 0.1) is 23.0 Å². The summed E-state index contributed by atoms with van der Waals surface area (Å²) in [5, 5.41) is 18.1. The van der Waals surface area contributed by atoms with Crippen molar-refractivity contribution in [1.29, 1.82) is 5.26 Å². The Bertz CT molecular complexity index is 515. The highest BCUT2D eigenvalue weighted by Gasteiger charge is 2.13. The van der Waals surface area contributed by atoms with Crippen LogP contribution in [0.1, 0.15) is 12.5 Å². The Labute approximate surface area is 90.2 Å². The van der Waals surface area contributed by atoms with Gasteiger partial charge < -0.3 is 5.11 Å². The highest BCUT2D eigenvalue weighted by atomic mass is 19.2. The van der Waals surface area contributed by atoms with Crippen molar-refractivity contribution in [2.75, 3.05) is 0 Å². The molecule has 0 fully saturated rings. The van der Waals surface area contributed by atoms with Gasteiger partial charge in [-0.3, -0.25) is 4.79 Å². The maximum Gasteiger partial charge on any atom is 0.174 e. The van der Waals surface area contributed by atoms with E-state index in [2.05, 4.69) is 0 Å². The number of rotatable bonds is 2. The van der Waals surface area contributed by atoms with Crippen LogP contribution in [0.5, 0.6) is 0 Å². The quantitative estimate of drug-likeness (QED) is 0.475. The second-order valence-electron chi connectivity index (χ2n) is 3.02. The molecular weight excluding hydrogens is 216 g/mol. The van der Waals surface area contributed by atoms with Gasteiger partial charge in [0.2, 0.25) is 0 Å². The van der Waals surface area contributed by atoms with Gasteiger partial charge in [-0.15, -0.1) is 0 Å². The van der Waals surface area contributed by atoms with Crippen molar-refractivity contribution < 1.29 is 18.7 Å². The number of hydrogen-bond acceptors (Lipinski definition) is 3. The molecule has 0 aromatic heterocycles. The number of aliphatic hydroxyl groups is 1. The van der Waals surface area contributed by atoms with Crippen LogP contribution in [-0.2, 0) is 4.79 Å². The average molecular weight is 223 g/mol. The van der Waals surface area contributed by atoms with Crippen LogP contribution in [0.15, 0.2) is 23.8 Å². The van der Waals surface area contributed by atoms with Crippen LogP contribution in [0.3, 0.4) is 0 Å². The van der Waals surface area contributed by atoms with Crippen molar-refractivity contribution in [3.63, 3.8) is 0 Å². The van der Waals surface area contributed by atoms with Gasteiger partial charge in [-0.25, -0.2) is 8.78 Å². The third-order valence-corrected chi connectivity index (χ3v) is 1.89. The number of carbonyl (C=O) groups excluding carboxylic acids is 1. The zero-order valence-corrected chi connectivity index (χ0v) is 8.29. The van der Waals surface area contributed by atoms with Gasteiger partial charge in [-0.2, -0.15) is 5.26 Å². The second kappa shape index (κ2) is 4.53. The Morgan fingerprint density at radius 3 is 2.44 bits per heavy atom. The maximum absolute atomic E-state index is 12.8. The van der Waals surface area contributed by atoms with Crippen LogP contribution >= 0.6 is 0 Å². The average Bonchev–Trinajstić information content (AvgIpc) is 2.22. The molecule has 0 amide bonds. The van der Waals surface area contributed by atoms with E-state index in [1.165, 1.54) is 6.07 Å². The maximum atomic E-state index is 12.8. The zero-order chi connectivity index (χ0) is 12.3. The van der Waals surface area contributed by atoms with Gasteiger partial charge in [-0.05, 0) is 18.2 Å². The first-order valence-electron chi connectivity index (χ1n) is 4.27. The van der Waals surface area contributed by atoms with Crippen molar-refractivity contribution in [3.05, 3.63) is 41.0 Å². The van der Waals surface area contributed by atoms with Crippen LogP contribution in [-0.4, -0.2) is 10.9 Å². The van der Waals surface area contributed by atoms with E-state index in [1.54, 1.807) is 0 Å². The second-order valence-corrected chi connectivity index (χ2v) is 3.02. The SMILES string of the molecule is CC(=O)C(C#N)=C(O)c1ccc(F)c(F)c1. The summed E-state index contributed by atoms with van der Waals surface area (Å²) in [5.41, 5.74) is -0.614. The zero-order valence-electron chi connectivity index (χ0n) is 8.29. The van der Waals surface area contributed by atoms with E-state index in [-0.39, 0.29) is 5.56 Å². The van der Waals surface area contributed by atoms with E-state index >= 15 is 0 Å². The Hall–Kier alpha value is -2.22. The molecule has 82 valence electrons. The minimum atomic E-state index is -1.16. The molecule has 1 rings (SSSR count). The molecule has 5 heteroatoms. The lowest BCUT2D eigenvalue weighted by molar-refractivity contribution is -0.113. The topological polar surface area (TPSA) is 61.1 Å². The fourth-order valence-electron chi connectivity index (χ4n) is 1.09. The van der Waals surface area contributed by atoms with E-state index in [4.69, 9.17) is 5.26 Å². The molecule has 0 aliphatic heterocycles. The molecule has 0 unspecified atom stereocenters. The largest absolute Gasteiger partial charge is 0.506 e. The molecule has 16 heavy (non-hydrogen) atoms. The summed E-state index contributed by atoms with van der Waals surface area (Å²) >= 11 is 0. The van der Waals surface area contributed by atoms with Crippen LogP contribution in [0.4, 0.5) is 8.78 Å². The van der Waals surface area contributed by atoms with Crippen LogP contribution in [0.2, 0.25) is 0 Å². The third kappa shape index (κ3) is 2.23. The molecule has 0 saturated carbocycles. The van der Waals surface area contributed by atoms with E-state index in [0.29, 0.717) is 6.07 Å². The number of aliphatic hydroxyl groups excluding tert-OH is 1. The molecule has 1 aromatic carbocycles. The Balaban J connectivity index is 3.34.